The second-order valence-electron chi connectivity index (χ2n) is 7.46. The fourth-order valence-corrected chi connectivity index (χ4v) is 3.35. The number of rotatable bonds is 9. The smallest absolute Gasteiger partial charge is 0.338 e. The number of ether oxygens (including phenoxy) is 2. The van der Waals surface area contributed by atoms with Crippen molar-refractivity contribution in [1.82, 2.24) is 4.90 Å². The van der Waals surface area contributed by atoms with E-state index < -0.39 is 6.04 Å². The van der Waals surface area contributed by atoms with Gasteiger partial charge < -0.3 is 14.8 Å². The molecule has 1 fully saturated rings. The fourth-order valence-electron chi connectivity index (χ4n) is 3.35. The number of nitrogens with one attached hydrogen (secondary N) is 1. The lowest BCUT2D eigenvalue weighted by Crippen LogP contribution is -2.49. The predicted octanol–water partition coefficient (Wildman–Crippen LogP) is 3.40. The minimum absolute atomic E-state index is 0.00746. The molecular formula is C24H28N2O5. The first-order chi connectivity index (χ1) is 15.1. The normalized spacial score (nSPS) is 16.4. The highest BCUT2D eigenvalue weighted by Gasteiger charge is 2.33. The highest BCUT2D eigenvalue weighted by Crippen LogP contribution is 2.18. The summed E-state index contributed by atoms with van der Waals surface area (Å²) in [5.41, 5.74) is 2.05. The molecule has 0 radical (unpaired) electrons. The Morgan fingerprint density at radius 1 is 1.13 bits per heavy atom. The van der Waals surface area contributed by atoms with Crippen LogP contribution in [0.1, 0.15) is 42.1 Å². The molecule has 0 unspecified atom stereocenters. The molecule has 31 heavy (non-hydrogen) atoms. The third kappa shape index (κ3) is 6.65. The predicted molar refractivity (Wildman–Crippen MR) is 116 cm³/mol. The summed E-state index contributed by atoms with van der Waals surface area (Å²) in [6, 6.07) is 15.7. The van der Waals surface area contributed by atoms with Gasteiger partial charge in [0.25, 0.3) is 0 Å². The first-order valence-electron chi connectivity index (χ1n) is 10.6. The number of nitrogens with zero attached hydrogens (tertiary/aromatic N) is 1. The van der Waals surface area contributed by atoms with Crippen LogP contribution in [0.15, 0.2) is 54.6 Å². The van der Waals surface area contributed by atoms with Gasteiger partial charge in [-0.3, -0.25) is 14.5 Å². The van der Waals surface area contributed by atoms with E-state index in [0.717, 1.165) is 18.4 Å². The molecule has 164 valence electrons. The zero-order chi connectivity index (χ0) is 22.1. The first kappa shape index (κ1) is 22.5. The van der Waals surface area contributed by atoms with Crippen molar-refractivity contribution in [2.45, 2.75) is 38.8 Å². The number of unbranched alkanes of at least 4 members (excludes halogenated alkanes) is 1. The van der Waals surface area contributed by atoms with Crippen molar-refractivity contribution in [2.24, 2.45) is 0 Å². The molecule has 1 aliphatic heterocycles. The number of cyclic esters (lactones) is 1. The molecule has 0 spiro atoms. The number of hydrogen-bond donors (Lipinski definition) is 1. The monoisotopic (exact) mass is 424 g/mol. The number of esters is 2. The maximum absolute atomic E-state index is 12.6. The van der Waals surface area contributed by atoms with Crippen LogP contribution in [-0.2, 0) is 25.6 Å². The molecule has 2 aromatic carbocycles. The molecule has 1 amide bonds. The van der Waals surface area contributed by atoms with E-state index in [2.05, 4.69) is 5.32 Å². The van der Waals surface area contributed by atoms with Gasteiger partial charge in [-0.05, 0) is 36.2 Å². The molecule has 1 N–H and O–H groups in total. The Morgan fingerprint density at radius 3 is 2.58 bits per heavy atom. The third-order valence-corrected chi connectivity index (χ3v) is 5.08. The van der Waals surface area contributed by atoms with Gasteiger partial charge >= 0.3 is 11.9 Å². The summed E-state index contributed by atoms with van der Waals surface area (Å²) < 4.78 is 10.4. The lowest BCUT2D eigenvalue weighted by molar-refractivity contribution is -0.159. The number of benzene rings is 2. The highest BCUT2D eigenvalue weighted by molar-refractivity contribution is 5.95. The van der Waals surface area contributed by atoms with Crippen molar-refractivity contribution < 1.29 is 23.9 Å². The summed E-state index contributed by atoms with van der Waals surface area (Å²) >= 11 is 0. The average molecular weight is 424 g/mol. The Hall–Kier alpha value is -3.19. The number of carbonyl (C=O) groups excluding carboxylic acids is 3. The van der Waals surface area contributed by atoms with Gasteiger partial charge in [0, 0.05) is 18.8 Å². The summed E-state index contributed by atoms with van der Waals surface area (Å²) in [6.07, 6.45) is 1.77. The second-order valence-corrected chi connectivity index (χ2v) is 7.46. The van der Waals surface area contributed by atoms with E-state index in [1.807, 2.05) is 42.2 Å². The second kappa shape index (κ2) is 11.3. The van der Waals surface area contributed by atoms with Crippen LogP contribution in [0.25, 0.3) is 0 Å². The summed E-state index contributed by atoms with van der Waals surface area (Å²) in [5.74, 6) is -1.06. The van der Waals surface area contributed by atoms with E-state index in [1.165, 1.54) is 0 Å². The molecule has 0 bridgehead atoms. The highest BCUT2D eigenvalue weighted by atomic mass is 16.5. The number of anilines is 1. The zero-order valence-corrected chi connectivity index (χ0v) is 17.7. The molecule has 1 atom stereocenters. The minimum atomic E-state index is -0.637. The molecule has 0 saturated carbocycles. The van der Waals surface area contributed by atoms with Crippen molar-refractivity contribution in [1.29, 1.82) is 0 Å². The largest absolute Gasteiger partial charge is 0.463 e. The first-order valence-corrected chi connectivity index (χ1v) is 10.6. The summed E-state index contributed by atoms with van der Waals surface area (Å²) in [7, 11) is 0. The van der Waals surface area contributed by atoms with Crippen LogP contribution >= 0.6 is 0 Å². The van der Waals surface area contributed by atoms with Crippen LogP contribution in [0.5, 0.6) is 0 Å². The Labute approximate surface area is 182 Å². The van der Waals surface area contributed by atoms with Gasteiger partial charge in [-0.1, -0.05) is 43.7 Å². The SMILES string of the molecule is CCCCOC(=O)c1ccc(NC(=O)C[C@@H]2C(=O)OCCN2Cc2ccccc2)cc1. The molecular weight excluding hydrogens is 396 g/mol. The molecule has 3 rings (SSSR count). The molecule has 7 nitrogen and oxygen atoms in total. The van der Waals surface area contributed by atoms with E-state index in [0.29, 0.717) is 37.6 Å². The van der Waals surface area contributed by atoms with Gasteiger partial charge in [0.2, 0.25) is 5.91 Å². The van der Waals surface area contributed by atoms with Gasteiger partial charge in [0.1, 0.15) is 12.6 Å². The van der Waals surface area contributed by atoms with Crippen molar-refractivity contribution in [3.05, 3.63) is 65.7 Å². The Balaban J connectivity index is 1.56. The molecule has 1 aliphatic rings. The van der Waals surface area contributed by atoms with E-state index in [1.54, 1.807) is 24.3 Å². The van der Waals surface area contributed by atoms with Crippen molar-refractivity contribution in [3.8, 4) is 0 Å². The van der Waals surface area contributed by atoms with Crippen LogP contribution < -0.4 is 5.32 Å². The van der Waals surface area contributed by atoms with E-state index in [9.17, 15) is 14.4 Å². The quantitative estimate of drug-likeness (QED) is 0.491. The summed E-state index contributed by atoms with van der Waals surface area (Å²) in [6.45, 7) is 3.89. The topological polar surface area (TPSA) is 84.9 Å². The maximum atomic E-state index is 12.6. The van der Waals surface area contributed by atoms with Crippen LogP contribution in [-0.4, -0.2) is 48.5 Å². The zero-order valence-electron chi connectivity index (χ0n) is 17.7. The number of amides is 1. The fraction of sp³-hybridized carbons (Fsp3) is 0.375. The summed E-state index contributed by atoms with van der Waals surface area (Å²) in [4.78, 5) is 38.8. The number of morpholine rings is 1. The molecule has 2 aromatic rings. The minimum Gasteiger partial charge on any atom is -0.463 e. The van der Waals surface area contributed by atoms with Crippen LogP contribution in [0.2, 0.25) is 0 Å². The average Bonchev–Trinajstić information content (AvgIpc) is 2.77. The van der Waals surface area contributed by atoms with Gasteiger partial charge in [0.05, 0.1) is 18.6 Å². The molecule has 0 aliphatic carbocycles. The van der Waals surface area contributed by atoms with Gasteiger partial charge in [-0.2, -0.15) is 0 Å². The van der Waals surface area contributed by atoms with E-state index in [-0.39, 0.29) is 24.3 Å². The van der Waals surface area contributed by atoms with E-state index >= 15 is 0 Å². The molecule has 7 heteroatoms. The van der Waals surface area contributed by atoms with Crippen molar-refractivity contribution in [2.75, 3.05) is 25.1 Å². The summed E-state index contributed by atoms with van der Waals surface area (Å²) in [5, 5.41) is 2.79. The molecule has 1 saturated heterocycles. The lowest BCUT2D eigenvalue weighted by atomic mass is 10.1. The Kier molecular flexibility index (Phi) is 8.18. The lowest BCUT2D eigenvalue weighted by Gasteiger charge is -2.33. The number of carbonyl (C=O) groups is 3. The number of hydrogen-bond acceptors (Lipinski definition) is 6. The van der Waals surface area contributed by atoms with Gasteiger partial charge in [0.15, 0.2) is 0 Å². The third-order valence-electron chi connectivity index (χ3n) is 5.08. The van der Waals surface area contributed by atoms with Crippen LogP contribution in [0.4, 0.5) is 5.69 Å². The molecule has 0 aromatic heterocycles. The van der Waals surface area contributed by atoms with Crippen molar-refractivity contribution in [3.63, 3.8) is 0 Å². The maximum Gasteiger partial charge on any atom is 0.338 e. The van der Waals surface area contributed by atoms with Crippen LogP contribution in [0, 0.1) is 0 Å². The van der Waals surface area contributed by atoms with Gasteiger partial charge in [-0.15, -0.1) is 0 Å². The van der Waals surface area contributed by atoms with Crippen LogP contribution in [0.3, 0.4) is 0 Å². The van der Waals surface area contributed by atoms with Crippen molar-refractivity contribution >= 4 is 23.5 Å². The Morgan fingerprint density at radius 2 is 1.87 bits per heavy atom. The standard InChI is InChI=1S/C24H28N2O5/c1-2-3-14-30-23(28)19-9-11-20(12-10-19)25-22(27)16-21-24(29)31-15-13-26(21)17-18-7-5-4-6-8-18/h4-12,21H,2-3,13-17H2,1H3,(H,25,27)/t21-/m1/s1. The molecule has 1 heterocycles. The van der Waals surface area contributed by atoms with Gasteiger partial charge in [-0.25, -0.2) is 4.79 Å². The Bertz CT molecular complexity index is 883. The van der Waals surface area contributed by atoms with E-state index in [4.69, 9.17) is 9.47 Å².